The van der Waals surface area contributed by atoms with Gasteiger partial charge >= 0.3 is 0 Å². The Morgan fingerprint density at radius 3 is 1.85 bits per heavy atom. The molecular weight excluding hydrogens is 224 g/mol. The Morgan fingerprint density at radius 1 is 0.923 bits per heavy atom. The maximum Gasteiger partial charge on any atom is 0.0271 e. The maximum absolute atomic E-state index is 4.03. The predicted molar refractivity (Wildman–Crippen MR) is 59.1 cm³/mol. The van der Waals surface area contributed by atoms with Gasteiger partial charge < -0.3 is 0 Å². The molecule has 0 nitrogen and oxygen atoms in total. The Morgan fingerprint density at radius 2 is 1.46 bits per heavy atom. The molecule has 0 saturated heterocycles. The Labute approximate surface area is 89.6 Å². The molecule has 2 atom stereocenters. The first-order valence-electron chi connectivity index (χ1n) is 5.60. The molecule has 0 aromatic carbocycles. The second-order valence-corrected chi connectivity index (χ2v) is 8.46. The molecule has 4 bridgehead atoms. The summed E-state index contributed by atoms with van der Waals surface area (Å²) < 4.78 is 0.538. The van der Waals surface area contributed by atoms with E-state index in [1.165, 1.54) is 38.5 Å². The second-order valence-electron chi connectivity index (χ2n) is 6.78. The molecule has 0 N–H and O–H groups in total. The van der Waals surface area contributed by atoms with Gasteiger partial charge in [0, 0.05) is 4.32 Å². The highest BCUT2D eigenvalue weighted by atomic mass is 79.9. The fraction of sp³-hybridized carbons (Fsp3) is 1.00. The first kappa shape index (κ1) is 8.76. The van der Waals surface area contributed by atoms with Crippen molar-refractivity contribution in [2.75, 3.05) is 0 Å². The lowest BCUT2D eigenvalue weighted by molar-refractivity contribution is -0.0755. The van der Waals surface area contributed by atoms with Crippen molar-refractivity contribution < 1.29 is 0 Å². The normalized spacial score (nSPS) is 64.4. The van der Waals surface area contributed by atoms with Gasteiger partial charge in [0.25, 0.3) is 0 Å². The SMILES string of the molecule is C[C@]12CC3CC(Br)(C1)C[C@](C)(C3)C2. The van der Waals surface area contributed by atoms with Crippen LogP contribution in [0.5, 0.6) is 0 Å². The fourth-order valence-corrected chi connectivity index (χ4v) is 7.12. The third-order valence-corrected chi connectivity index (χ3v) is 5.44. The van der Waals surface area contributed by atoms with Crippen LogP contribution in [0.25, 0.3) is 0 Å². The van der Waals surface area contributed by atoms with Crippen molar-refractivity contribution >= 4 is 15.9 Å². The smallest absolute Gasteiger partial charge is 0.0271 e. The van der Waals surface area contributed by atoms with Crippen molar-refractivity contribution in [1.29, 1.82) is 0 Å². The van der Waals surface area contributed by atoms with E-state index < -0.39 is 0 Å². The average molecular weight is 243 g/mol. The number of hydrogen-bond donors (Lipinski definition) is 0. The van der Waals surface area contributed by atoms with E-state index >= 15 is 0 Å². The first-order chi connectivity index (χ1) is 5.91. The third-order valence-electron chi connectivity index (χ3n) is 4.56. The zero-order valence-corrected chi connectivity index (χ0v) is 10.3. The van der Waals surface area contributed by atoms with Gasteiger partial charge in [-0.2, -0.15) is 0 Å². The number of hydrogen-bond acceptors (Lipinski definition) is 0. The molecule has 0 aliphatic heterocycles. The van der Waals surface area contributed by atoms with Crippen molar-refractivity contribution in [3.05, 3.63) is 0 Å². The largest absolute Gasteiger partial charge is 0.0853 e. The van der Waals surface area contributed by atoms with Gasteiger partial charge in [0.2, 0.25) is 0 Å². The highest BCUT2D eigenvalue weighted by molar-refractivity contribution is 9.10. The van der Waals surface area contributed by atoms with Crippen molar-refractivity contribution in [2.24, 2.45) is 16.7 Å². The molecule has 4 aliphatic carbocycles. The Balaban J connectivity index is 2.03. The molecule has 4 aliphatic rings. The fourth-order valence-electron chi connectivity index (χ4n) is 5.31. The molecule has 0 heterocycles. The van der Waals surface area contributed by atoms with Gasteiger partial charge in [-0.1, -0.05) is 29.8 Å². The zero-order chi connectivity index (χ0) is 9.32. The minimum atomic E-state index is 0.538. The molecule has 4 fully saturated rings. The summed E-state index contributed by atoms with van der Waals surface area (Å²) in [5.74, 6) is 1.03. The summed E-state index contributed by atoms with van der Waals surface area (Å²) in [5.41, 5.74) is 1.36. The van der Waals surface area contributed by atoms with Crippen molar-refractivity contribution in [3.8, 4) is 0 Å². The lowest BCUT2D eigenvalue weighted by Gasteiger charge is -2.63. The number of halogens is 1. The summed E-state index contributed by atoms with van der Waals surface area (Å²) >= 11 is 4.03. The van der Waals surface area contributed by atoms with E-state index in [1.807, 2.05) is 0 Å². The van der Waals surface area contributed by atoms with Crippen LogP contribution in [0.2, 0.25) is 0 Å². The second kappa shape index (κ2) is 2.18. The molecule has 0 amide bonds. The summed E-state index contributed by atoms with van der Waals surface area (Å²) in [7, 11) is 0. The molecule has 0 aromatic rings. The number of alkyl halides is 1. The van der Waals surface area contributed by atoms with Crippen LogP contribution >= 0.6 is 15.9 Å². The molecule has 1 heteroatoms. The summed E-state index contributed by atoms with van der Waals surface area (Å²) in [6, 6.07) is 0. The van der Waals surface area contributed by atoms with Crippen LogP contribution in [-0.4, -0.2) is 4.32 Å². The molecule has 0 radical (unpaired) electrons. The highest BCUT2D eigenvalue weighted by Gasteiger charge is 2.59. The Bertz CT molecular complexity index is 207. The zero-order valence-electron chi connectivity index (χ0n) is 8.70. The standard InChI is InChI=1S/C12H19Br/c1-10-3-9-4-11(2,6-10)8-12(13,5-9)7-10/h9H,3-8H2,1-2H3/t9?,10-,11-,12?/m1/s1. The van der Waals surface area contributed by atoms with E-state index in [-0.39, 0.29) is 0 Å². The molecule has 74 valence electrons. The summed E-state index contributed by atoms with van der Waals surface area (Å²) in [6.07, 6.45) is 8.84. The molecule has 13 heavy (non-hydrogen) atoms. The minimum Gasteiger partial charge on any atom is -0.0853 e. The van der Waals surface area contributed by atoms with E-state index in [0.717, 1.165) is 5.92 Å². The van der Waals surface area contributed by atoms with E-state index in [4.69, 9.17) is 0 Å². The quantitative estimate of drug-likeness (QED) is 0.561. The van der Waals surface area contributed by atoms with Crippen LogP contribution in [0.15, 0.2) is 0 Å². The van der Waals surface area contributed by atoms with Gasteiger partial charge in [0.05, 0.1) is 0 Å². The van der Waals surface area contributed by atoms with Crippen LogP contribution in [-0.2, 0) is 0 Å². The topological polar surface area (TPSA) is 0 Å². The Hall–Kier alpha value is 0.480. The minimum absolute atomic E-state index is 0.538. The molecule has 0 aromatic heterocycles. The molecule has 0 spiro atoms. The summed E-state index contributed by atoms with van der Waals surface area (Å²) in [5, 5.41) is 0. The van der Waals surface area contributed by atoms with Crippen LogP contribution in [0.3, 0.4) is 0 Å². The van der Waals surface area contributed by atoms with Crippen molar-refractivity contribution in [1.82, 2.24) is 0 Å². The number of rotatable bonds is 0. The molecule has 4 saturated carbocycles. The van der Waals surface area contributed by atoms with Gasteiger partial charge in [0.1, 0.15) is 0 Å². The van der Waals surface area contributed by atoms with E-state index in [1.54, 1.807) is 0 Å². The van der Waals surface area contributed by atoms with Crippen LogP contribution in [0.4, 0.5) is 0 Å². The molecule has 4 rings (SSSR count). The predicted octanol–water partition coefficient (Wildman–Crippen LogP) is 4.13. The Kier molecular flexibility index (Phi) is 1.47. The summed E-state index contributed by atoms with van der Waals surface area (Å²) in [6.45, 7) is 5.04. The molecular formula is C12H19Br. The third kappa shape index (κ3) is 1.22. The van der Waals surface area contributed by atoms with E-state index in [0.29, 0.717) is 15.2 Å². The van der Waals surface area contributed by atoms with E-state index in [2.05, 4.69) is 29.8 Å². The maximum atomic E-state index is 4.03. The summed E-state index contributed by atoms with van der Waals surface area (Å²) in [4.78, 5) is 0. The first-order valence-corrected chi connectivity index (χ1v) is 6.39. The van der Waals surface area contributed by atoms with Crippen LogP contribution in [0, 0.1) is 16.7 Å². The molecule has 0 unspecified atom stereocenters. The van der Waals surface area contributed by atoms with E-state index in [9.17, 15) is 0 Å². The average Bonchev–Trinajstić information content (AvgIpc) is 1.71. The van der Waals surface area contributed by atoms with Crippen LogP contribution in [0.1, 0.15) is 52.4 Å². The monoisotopic (exact) mass is 242 g/mol. The van der Waals surface area contributed by atoms with Gasteiger partial charge in [-0.3, -0.25) is 0 Å². The van der Waals surface area contributed by atoms with Gasteiger partial charge in [-0.25, -0.2) is 0 Å². The van der Waals surface area contributed by atoms with Gasteiger partial charge in [0.15, 0.2) is 0 Å². The lowest BCUT2D eigenvalue weighted by Crippen LogP contribution is -2.55. The lowest BCUT2D eigenvalue weighted by atomic mass is 9.45. The van der Waals surface area contributed by atoms with Crippen LogP contribution < -0.4 is 0 Å². The van der Waals surface area contributed by atoms with Crippen molar-refractivity contribution in [3.63, 3.8) is 0 Å². The van der Waals surface area contributed by atoms with Gasteiger partial charge in [-0.05, 0) is 55.3 Å². The highest BCUT2D eigenvalue weighted by Crippen LogP contribution is 2.68. The van der Waals surface area contributed by atoms with Gasteiger partial charge in [-0.15, -0.1) is 0 Å². The van der Waals surface area contributed by atoms with Crippen molar-refractivity contribution in [2.45, 2.75) is 56.7 Å².